The molecule has 1 fully saturated rings. The van der Waals surface area contributed by atoms with Crippen LogP contribution in [0.25, 0.3) is 0 Å². The second-order valence-corrected chi connectivity index (χ2v) is 11.2. The predicted octanol–water partition coefficient (Wildman–Crippen LogP) is 5.76. The van der Waals surface area contributed by atoms with Gasteiger partial charge in [0, 0.05) is 66.5 Å². The van der Waals surface area contributed by atoms with Gasteiger partial charge in [0.1, 0.15) is 18.0 Å². The Hall–Kier alpha value is -3.45. The van der Waals surface area contributed by atoms with E-state index >= 15 is 4.39 Å². The Kier molecular flexibility index (Phi) is 8.31. The lowest BCUT2D eigenvalue weighted by Gasteiger charge is -2.49. The number of ether oxygens (including phenoxy) is 1. The number of nitrogen functional groups attached to an aromatic ring is 1. The molecule has 3 aromatic rings. The summed E-state index contributed by atoms with van der Waals surface area (Å²) in [5.74, 6) is -0.395. The fourth-order valence-corrected chi connectivity index (χ4v) is 5.31. The van der Waals surface area contributed by atoms with Crippen molar-refractivity contribution in [3.8, 4) is 11.8 Å². The lowest BCUT2D eigenvalue weighted by atomic mass is 9.81. The van der Waals surface area contributed by atoms with E-state index in [4.69, 9.17) is 39.1 Å². The van der Waals surface area contributed by atoms with E-state index in [-0.39, 0.29) is 43.7 Å². The molecule has 2 aromatic heterocycles. The van der Waals surface area contributed by atoms with Crippen molar-refractivity contribution in [2.45, 2.75) is 39.8 Å². The number of nitriles is 1. The number of nitrogens with one attached hydrogen (secondary N) is 2. The molecule has 1 aliphatic rings. The second-order valence-electron chi connectivity index (χ2n) is 10.4. The number of aromatic nitrogens is 2. The van der Waals surface area contributed by atoms with Crippen LogP contribution in [0, 0.1) is 28.0 Å². The summed E-state index contributed by atoms with van der Waals surface area (Å²) < 4.78 is 21.5. The number of halogens is 3. The van der Waals surface area contributed by atoms with Crippen molar-refractivity contribution in [2.75, 3.05) is 30.3 Å². The number of hydrogen-bond acceptors (Lipinski definition) is 8. The van der Waals surface area contributed by atoms with Crippen molar-refractivity contribution in [2.24, 2.45) is 5.41 Å². The molecular formula is C28H30Cl2FN7O. The van der Waals surface area contributed by atoms with Crippen molar-refractivity contribution in [3.63, 3.8) is 0 Å². The van der Waals surface area contributed by atoms with Gasteiger partial charge < -0.3 is 20.7 Å². The molecule has 1 saturated heterocycles. The van der Waals surface area contributed by atoms with Gasteiger partial charge in [0.15, 0.2) is 11.6 Å². The van der Waals surface area contributed by atoms with Crippen LogP contribution in [-0.4, -0.2) is 41.4 Å². The third-order valence-electron chi connectivity index (χ3n) is 6.65. The molecule has 1 aliphatic heterocycles. The highest BCUT2D eigenvalue weighted by atomic mass is 35.5. The molecule has 4 N–H and O–H groups in total. The van der Waals surface area contributed by atoms with Gasteiger partial charge in [-0.3, -0.25) is 10.4 Å². The zero-order chi connectivity index (χ0) is 28.5. The zero-order valence-corrected chi connectivity index (χ0v) is 23.7. The van der Waals surface area contributed by atoms with Crippen LogP contribution >= 0.6 is 23.2 Å². The van der Waals surface area contributed by atoms with E-state index in [9.17, 15) is 5.26 Å². The Labute approximate surface area is 237 Å². The van der Waals surface area contributed by atoms with Gasteiger partial charge in [-0.2, -0.15) is 5.26 Å². The lowest BCUT2D eigenvalue weighted by Crippen LogP contribution is -2.60. The molecule has 0 unspecified atom stereocenters. The third kappa shape index (κ3) is 5.93. The number of nitrogens with zero attached hydrogens (tertiary/aromatic N) is 4. The number of nitrogens with two attached hydrogens (primary N) is 1. The quantitative estimate of drug-likeness (QED) is 0.221. The molecule has 0 radical (unpaired) electrons. The average molecular weight is 570 g/mol. The van der Waals surface area contributed by atoms with Crippen LogP contribution in [0.1, 0.15) is 56.1 Å². The van der Waals surface area contributed by atoms with Gasteiger partial charge in [-0.25, -0.2) is 9.37 Å². The SMILES string of the molecule is CC(C)NCC1(C)CN(c2ncc(C(=N)c3c(N)ccc(O[C@H](C)c4c(Cl)cncc4Cl)c3F)cc2C#N)C1. The number of hydrogen-bond donors (Lipinski definition) is 3. The molecule has 11 heteroatoms. The Morgan fingerprint density at radius 1 is 1.26 bits per heavy atom. The maximum atomic E-state index is 15.7. The van der Waals surface area contributed by atoms with Crippen LogP contribution < -0.4 is 20.7 Å². The topological polar surface area (TPSA) is 124 Å². The number of benzene rings is 1. The Bertz CT molecular complexity index is 1430. The first kappa shape index (κ1) is 28.6. The van der Waals surface area contributed by atoms with Crippen LogP contribution in [0.4, 0.5) is 15.9 Å². The Morgan fingerprint density at radius 2 is 1.92 bits per heavy atom. The smallest absolute Gasteiger partial charge is 0.176 e. The molecule has 1 atom stereocenters. The Balaban J connectivity index is 1.57. The largest absolute Gasteiger partial charge is 0.483 e. The van der Waals surface area contributed by atoms with Gasteiger partial charge >= 0.3 is 0 Å². The minimum Gasteiger partial charge on any atom is -0.483 e. The molecule has 8 nitrogen and oxygen atoms in total. The van der Waals surface area contributed by atoms with Crippen LogP contribution in [0.3, 0.4) is 0 Å². The summed E-state index contributed by atoms with van der Waals surface area (Å²) in [6, 6.07) is 6.95. The molecule has 0 bridgehead atoms. The van der Waals surface area contributed by atoms with Crippen molar-refractivity contribution in [1.29, 1.82) is 10.7 Å². The predicted molar refractivity (Wildman–Crippen MR) is 152 cm³/mol. The maximum absolute atomic E-state index is 15.7. The average Bonchev–Trinajstić information content (AvgIpc) is 2.87. The number of pyridine rings is 2. The minimum absolute atomic E-state index is 0.0521. The molecule has 0 spiro atoms. The van der Waals surface area contributed by atoms with Gasteiger partial charge in [-0.05, 0) is 25.1 Å². The molecular weight excluding hydrogens is 540 g/mol. The second kappa shape index (κ2) is 11.3. The van der Waals surface area contributed by atoms with Crippen LogP contribution in [0.5, 0.6) is 5.75 Å². The first-order chi connectivity index (χ1) is 18.4. The van der Waals surface area contributed by atoms with E-state index < -0.39 is 11.9 Å². The third-order valence-corrected chi connectivity index (χ3v) is 7.25. The van der Waals surface area contributed by atoms with E-state index in [1.807, 2.05) is 4.90 Å². The van der Waals surface area contributed by atoms with Crippen molar-refractivity contribution >= 4 is 40.4 Å². The molecule has 0 amide bonds. The highest BCUT2D eigenvalue weighted by Gasteiger charge is 2.40. The standard InChI is InChI=1S/C28H30Cl2FN7O/c1-15(2)37-12-28(4)13-38(14-28)27-17(8-32)7-18(9-36-27)26(34)24-21(33)5-6-22(25(24)31)39-16(3)23-19(29)10-35-11-20(23)30/h5-7,9-11,15-16,34,37H,12-14,33H2,1-4H3/t16-/m1/s1. The molecule has 1 aromatic carbocycles. The summed E-state index contributed by atoms with van der Waals surface area (Å²) >= 11 is 12.4. The van der Waals surface area contributed by atoms with Crippen molar-refractivity contribution in [3.05, 3.63) is 74.9 Å². The van der Waals surface area contributed by atoms with Gasteiger partial charge in [-0.1, -0.05) is 44.0 Å². The summed E-state index contributed by atoms with van der Waals surface area (Å²) in [5.41, 5.74) is 6.87. The Morgan fingerprint density at radius 3 is 2.54 bits per heavy atom. The van der Waals surface area contributed by atoms with Crippen molar-refractivity contribution < 1.29 is 9.13 Å². The van der Waals surface area contributed by atoms with E-state index in [1.54, 1.807) is 6.92 Å². The summed E-state index contributed by atoms with van der Waals surface area (Å²) in [5, 5.41) is 22.6. The fraction of sp³-hybridized carbons (Fsp3) is 0.357. The summed E-state index contributed by atoms with van der Waals surface area (Å²) in [6.07, 6.45) is 3.61. The molecule has 3 heterocycles. The van der Waals surface area contributed by atoms with E-state index in [0.29, 0.717) is 23.0 Å². The van der Waals surface area contributed by atoms with Crippen molar-refractivity contribution in [1.82, 2.24) is 15.3 Å². The van der Waals surface area contributed by atoms with Crippen LogP contribution in [-0.2, 0) is 0 Å². The van der Waals surface area contributed by atoms with E-state index in [0.717, 1.165) is 19.6 Å². The molecule has 0 aliphatic carbocycles. The molecule has 0 saturated carbocycles. The number of rotatable bonds is 9. The van der Waals surface area contributed by atoms with Crippen LogP contribution in [0.15, 0.2) is 36.8 Å². The molecule has 39 heavy (non-hydrogen) atoms. The van der Waals surface area contributed by atoms with Gasteiger partial charge in [0.25, 0.3) is 0 Å². The van der Waals surface area contributed by atoms with Crippen LogP contribution in [0.2, 0.25) is 10.0 Å². The monoisotopic (exact) mass is 569 g/mol. The highest BCUT2D eigenvalue weighted by molar-refractivity contribution is 6.35. The zero-order valence-electron chi connectivity index (χ0n) is 22.1. The van der Waals surface area contributed by atoms with Gasteiger partial charge in [-0.15, -0.1) is 0 Å². The lowest BCUT2D eigenvalue weighted by molar-refractivity contribution is 0.216. The maximum Gasteiger partial charge on any atom is 0.176 e. The first-order valence-electron chi connectivity index (χ1n) is 12.5. The highest BCUT2D eigenvalue weighted by Crippen LogP contribution is 2.37. The molecule has 204 valence electrons. The van der Waals surface area contributed by atoms with Gasteiger partial charge in [0.2, 0.25) is 0 Å². The van der Waals surface area contributed by atoms with Gasteiger partial charge in [0.05, 0.1) is 26.9 Å². The summed E-state index contributed by atoms with van der Waals surface area (Å²) in [6.45, 7) is 10.4. The van der Waals surface area contributed by atoms with E-state index in [1.165, 1.54) is 36.8 Å². The fourth-order valence-electron chi connectivity index (χ4n) is 4.64. The van der Waals surface area contributed by atoms with E-state index in [2.05, 4.69) is 42.1 Å². The number of anilines is 2. The minimum atomic E-state index is -0.813. The normalized spacial score (nSPS) is 15.0. The first-order valence-corrected chi connectivity index (χ1v) is 13.2. The molecule has 4 rings (SSSR count). The summed E-state index contributed by atoms with van der Waals surface area (Å²) in [7, 11) is 0. The summed E-state index contributed by atoms with van der Waals surface area (Å²) in [4.78, 5) is 10.4.